The van der Waals surface area contributed by atoms with Crippen LogP contribution in [0.5, 0.6) is 0 Å². The van der Waals surface area contributed by atoms with Crippen molar-refractivity contribution in [2.45, 2.75) is 18.9 Å². The number of Topliss-reactive ketones (excluding diaryl/α,β-unsaturated/α-hetero) is 1. The predicted octanol–water partition coefficient (Wildman–Crippen LogP) is 0.140. The van der Waals surface area contributed by atoms with Crippen molar-refractivity contribution in [3.05, 3.63) is 35.6 Å². The molecular weight excluding hydrogens is 211 g/mol. The second-order valence-electron chi connectivity index (χ2n) is 3.55. The maximum absolute atomic E-state index is 12.6. The Kier molecular flexibility index (Phi) is 4.13. The third-order valence-corrected chi connectivity index (χ3v) is 2.13. The first kappa shape index (κ1) is 12.3. The fourth-order valence-electron chi connectivity index (χ4n) is 1.25. The Bertz CT molecular complexity index is 389. The minimum atomic E-state index is -0.951. The highest BCUT2D eigenvalue weighted by Gasteiger charge is 2.14. The van der Waals surface area contributed by atoms with Gasteiger partial charge in [-0.25, -0.2) is 4.39 Å². The van der Waals surface area contributed by atoms with Gasteiger partial charge in [0, 0.05) is 12.8 Å². The zero-order chi connectivity index (χ0) is 12.1. The maximum Gasteiger partial charge on any atom is 0.234 e. The van der Waals surface area contributed by atoms with Crippen LogP contribution in [0.1, 0.15) is 12.0 Å². The molecule has 1 atom stereocenters. The van der Waals surface area contributed by atoms with E-state index in [4.69, 9.17) is 11.5 Å². The maximum atomic E-state index is 12.6. The van der Waals surface area contributed by atoms with Gasteiger partial charge in [0.25, 0.3) is 0 Å². The minimum Gasteiger partial charge on any atom is -0.368 e. The monoisotopic (exact) mass is 224 g/mol. The number of carbonyl (C=O) groups excluding carboxylic acids is 2. The number of nitrogens with two attached hydrogens (primary N) is 2. The van der Waals surface area contributed by atoms with Crippen LogP contribution in [0.4, 0.5) is 4.39 Å². The standard InChI is InChI=1S/C11H13FN2O2/c12-8-3-1-7(2-4-8)5-9(15)6-10(13)11(14)16/h1-4,10H,5-6,13H2,(H2,14,16). The van der Waals surface area contributed by atoms with E-state index in [0.717, 1.165) is 0 Å². The summed E-state index contributed by atoms with van der Waals surface area (Å²) in [5.74, 6) is -1.25. The van der Waals surface area contributed by atoms with E-state index < -0.39 is 11.9 Å². The summed E-state index contributed by atoms with van der Waals surface area (Å²) < 4.78 is 12.6. The lowest BCUT2D eigenvalue weighted by Gasteiger charge is -2.06. The first-order valence-corrected chi connectivity index (χ1v) is 4.80. The summed E-state index contributed by atoms with van der Waals surface area (Å²) in [6.07, 6.45) is 0.0357. The van der Waals surface area contributed by atoms with E-state index in [1.54, 1.807) is 0 Å². The van der Waals surface area contributed by atoms with Crippen LogP contribution >= 0.6 is 0 Å². The van der Waals surface area contributed by atoms with Crippen LogP contribution in [-0.2, 0) is 16.0 Å². The number of rotatable bonds is 5. The molecule has 16 heavy (non-hydrogen) atoms. The van der Waals surface area contributed by atoms with Crippen molar-refractivity contribution in [2.75, 3.05) is 0 Å². The van der Waals surface area contributed by atoms with Gasteiger partial charge in [-0.2, -0.15) is 0 Å². The molecule has 0 aliphatic carbocycles. The molecule has 0 aliphatic rings. The van der Waals surface area contributed by atoms with Gasteiger partial charge in [0.2, 0.25) is 5.91 Å². The van der Waals surface area contributed by atoms with Gasteiger partial charge < -0.3 is 11.5 Å². The Balaban J connectivity index is 2.52. The summed E-state index contributed by atoms with van der Waals surface area (Å²) in [5, 5.41) is 0. The van der Waals surface area contributed by atoms with Crippen molar-refractivity contribution in [1.29, 1.82) is 0 Å². The Labute approximate surface area is 92.4 Å². The highest BCUT2D eigenvalue weighted by molar-refractivity contribution is 5.89. The zero-order valence-corrected chi connectivity index (χ0v) is 8.65. The van der Waals surface area contributed by atoms with Gasteiger partial charge in [-0.05, 0) is 17.7 Å². The van der Waals surface area contributed by atoms with Crippen molar-refractivity contribution in [2.24, 2.45) is 11.5 Å². The lowest BCUT2D eigenvalue weighted by atomic mass is 10.0. The van der Waals surface area contributed by atoms with Gasteiger partial charge in [-0.1, -0.05) is 12.1 Å². The van der Waals surface area contributed by atoms with E-state index in [-0.39, 0.29) is 24.4 Å². The number of hydrogen-bond donors (Lipinski definition) is 2. The Morgan fingerprint density at radius 1 is 1.25 bits per heavy atom. The summed E-state index contributed by atoms with van der Waals surface area (Å²) >= 11 is 0. The zero-order valence-electron chi connectivity index (χ0n) is 8.65. The average molecular weight is 224 g/mol. The lowest BCUT2D eigenvalue weighted by Crippen LogP contribution is -2.38. The highest BCUT2D eigenvalue weighted by Crippen LogP contribution is 2.05. The summed E-state index contributed by atoms with van der Waals surface area (Å²) in [7, 11) is 0. The third-order valence-electron chi connectivity index (χ3n) is 2.13. The Morgan fingerprint density at radius 3 is 2.31 bits per heavy atom. The smallest absolute Gasteiger partial charge is 0.234 e. The molecular formula is C11H13FN2O2. The molecule has 0 fully saturated rings. The van der Waals surface area contributed by atoms with Crippen LogP contribution in [0.15, 0.2) is 24.3 Å². The number of ketones is 1. The molecule has 0 bridgehead atoms. The van der Waals surface area contributed by atoms with E-state index in [1.807, 2.05) is 0 Å². The first-order chi connectivity index (χ1) is 7.49. The SMILES string of the molecule is NC(=O)C(N)CC(=O)Cc1ccc(F)cc1. The third kappa shape index (κ3) is 3.78. The topological polar surface area (TPSA) is 86.2 Å². The van der Waals surface area contributed by atoms with E-state index in [2.05, 4.69) is 0 Å². The van der Waals surface area contributed by atoms with Gasteiger partial charge in [0.05, 0.1) is 6.04 Å². The molecule has 1 aromatic carbocycles. The van der Waals surface area contributed by atoms with Crippen LogP contribution < -0.4 is 11.5 Å². The average Bonchev–Trinajstić information content (AvgIpc) is 2.21. The Hall–Kier alpha value is -1.75. The summed E-state index contributed by atoms with van der Waals surface area (Å²) in [4.78, 5) is 22.1. The molecule has 0 radical (unpaired) electrons. The molecule has 0 saturated carbocycles. The van der Waals surface area contributed by atoms with E-state index in [9.17, 15) is 14.0 Å². The first-order valence-electron chi connectivity index (χ1n) is 4.80. The molecule has 1 amide bonds. The second kappa shape index (κ2) is 5.37. The summed E-state index contributed by atoms with van der Waals surface area (Å²) in [6.45, 7) is 0. The molecule has 0 aromatic heterocycles. The van der Waals surface area contributed by atoms with Crippen molar-refractivity contribution in [3.63, 3.8) is 0 Å². The van der Waals surface area contributed by atoms with Gasteiger partial charge in [0.1, 0.15) is 11.6 Å². The molecule has 0 saturated heterocycles. The van der Waals surface area contributed by atoms with Crippen molar-refractivity contribution >= 4 is 11.7 Å². The van der Waals surface area contributed by atoms with Gasteiger partial charge in [-0.3, -0.25) is 9.59 Å². The normalized spacial score (nSPS) is 12.1. The second-order valence-corrected chi connectivity index (χ2v) is 3.55. The van der Waals surface area contributed by atoms with E-state index in [0.29, 0.717) is 5.56 Å². The van der Waals surface area contributed by atoms with Crippen LogP contribution in [0, 0.1) is 5.82 Å². The number of benzene rings is 1. The summed E-state index contributed by atoms with van der Waals surface area (Å²) in [6, 6.07) is 4.63. The molecule has 0 heterocycles. The minimum absolute atomic E-state index is 0.0906. The van der Waals surface area contributed by atoms with E-state index >= 15 is 0 Å². The molecule has 4 N–H and O–H groups in total. The predicted molar refractivity (Wildman–Crippen MR) is 56.9 cm³/mol. The van der Waals surface area contributed by atoms with Gasteiger partial charge >= 0.3 is 0 Å². The molecule has 1 unspecified atom stereocenters. The van der Waals surface area contributed by atoms with Crippen molar-refractivity contribution in [1.82, 2.24) is 0 Å². The van der Waals surface area contributed by atoms with Crippen molar-refractivity contribution in [3.8, 4) is 0 Å². The lowest BCUT2D eigenvalue weighted by molar-refractivity contribution is -0.124. The summed E-state index contributed by atoms with van der Waals surface area (Å²) in [5.41, 5.74) is 11.0. The number of hydrogen-bond acceptors (Lipinski definition) is 3. The quantitative estimate of drug-likeness (QED) is 0.745. The van der Waals surface area contributed by atoms with E-state index in [1.165, 1.54) is 24.3 Å². The fourth-order valence-corrected chi connectivity index (χ4v) is 1.25. The van der Waals surface area contributed by atoms with Gasteiger partial charge in [0.15, 0.2) is 0 Å². The molecule has 4 nitrogen and oxygen atoms in total. The van der Waals surface area contributed by atoms with Crippen molar-refractivity contribution < 1.29 is 14.0 Å². The fraction of sp³-hybridized carbons (Fsp3) is 0.273. The molecule has 5 heteroatoms. The molecule has 86 valence electrons. The molecule has 0 spiro atoms. The van der Waals surface area contributed by atoms with Crippen LogP contribution in [-0.4, -0.2) is 17.7 Å². The number of amides is 1. The molecule has 1 aromatic rings. The Morgan fingerprint density at radius 2 is 1.81 bits per heavy atom. The largest absolute Gasteiger partial charge is 0.368 e. The number of carbonyl (C=O) groups is 2. The molecule has 1 rings (SSSR count). The molecule has 0 aliphatic heterocycles. The number of primary amides is 1. The van der Waals surface area contributed by atoms with Gasteiger partial charge in [-0.15, -0.1) is 0 Å². The highest BCUT2D eigenvalue weighted by atomic mass is 19.1. The van der Waals surface area contributed by atoms with Crippen LogP contribution in [0.25, 0.3) is 0 Å². The number of halogens is 1. The van der Waals surface area contributed by atoms with Crippen LogP contribution in [0.3, 0.4) is 0 Å². The van der Waals surface area contributed by atoms with Crippen LogP contribution in [0.2, 0.25) is 0 Å².